The van der Waals surface area contributed by atoms with Crippen molar-refractivity contribution in [1.29, 1.82) is 0 Å². The lowest BCUT2D eigenvalue weighted by atomic mass is 9.78. The summed E-state index contributed by atoms with van der Waals surface area (Å²) in [5.41, 5.74) is -0.569. The molecule has 86 valence electrons. The molecule has 0 aromatic heterocycles. The topological polar surface area (TPSA) is 40.5 Å². The van der Waals surface area contributed by atoms with Crippen LogP contribution in [0.25, 0.3) is 0 Å². The Hall–Kier alpha value is -0.0800. The zero-order valence-corrected chi connectivity index (χ0v) is 10.1. The van der Waals surface area contributed by atoms with Crippen LogP contribution >= 0.6 is 0 Å². The number of aliphatic hydroxyl groups excluding tert-OH is 1. The third-order valence-corrected chi connectivity index (χ3v) is 3.35. The summed E-state index contributed by atoms with van der Waals surface area (Å²) in [6, 6.07) is 0. The molecule has 14 heavy (non-hydrogen) atoms. The SMILES string of the molecule is CCC(CC)C(O)(CC)CCC(C)O. The first-order chi connectivity index (χ1) is 6.50. The zero-order chi connectivity index (χ0) is 11.2. The molecule has 0 aliphatic rings. The Morgan fingerprint density at radius 1 is 1.14 bits per heavy atom. The highest BCUT2D eigenvalue weighted by molar-refractivity contribution is 4.84. The highest BCUT2D eigenvalue weighted by atomic mass is 16.3. The van der Waals surface area contributed by atoms with Crippen LogP contribution in [0.2, 0.25) is 0 Å². The van der Waals surface area contributed by atoms with E-state index in [0.717, 1.165) is 19.3 Å². The van der Waals surface area contributed by atoms with E-state index in [0.29, 0.717) is 18.8 Å². The Kier molecular flexibility index (Phi) is 6.38. The predicted molar refractivity (Wildman–Crippen MR) is 60.2 cm³/mol. The standard InChI is InChI=1S/C12H26O2/c1-5-11(6-2)12(14,7-3)9-8-10(4)13/h10-11,13-14H,5-9H2,1-4H3. The van der Waals surface area contributed by atoms with E-state index in [2.05, 4.69) is 13.8 Å². The molecular formula is C12H26O2. The van der Waals surface area contributed by atoms with Gasteiger partial charge in [0.2, 0.25) is 0 Å². The van der Waals surface area contributed by atoms with Crippen molar-refractivity contribution >= 4 is 0 Å². The Bertz CT molecular complexity index is 141. The van der Waals surface area contributed by atoms with E-state index in [4.69, 9.17) is 0 Å². The van der Waals surface area contributed by atoms with Crippen molar-refractivity contribution in [1.82, 2.24) is 0 Å². The van der Waals surface area contributed by atoms with Crippen molar-refractivity contribution in [3.05, 3.63) is 0 Å². The normalized spacial score (nSPS) is 18.2. The van der Waals surface area contributed by atoms with Gasteiger partial charge in [0, 0.05) is 0 Å². The minimum atomic E-state index is -0.569. The molecule has 0 saturated carbocycles. The zero-order valence-electron chi connectivity index (χ0n) is 10.1. The van der Waals surface area contributed by atoms with Crippen LogP contribution in [0.4, 0.5) is 0 Å². The van der Waals surface area contributed by atoms with E-state index < -0.39 is 5.60 Å². The summed E-state index contributed by atoms with van der Waals surface area (Å²) in [6.07, 6.45) is 3.92. The first-order valence-corrected chi connectivity index (χ1v) is 5.90. The van der Waals surface area contributed by atoms with E-state index in [-0.39, 0.29) is 6.10 Å². The van der Waals surface area contributed by atoms with Gasteiger partial charge < -0.3 is 10.2 Å². The van der Waals surface area contributed by atoms with E-state index in [9.17, 15) is 10.2 Å². The van der Waals surface area contributed by atoms with Gasteiger partial charge in [-0.1, -0.05) is 33.6 Å². The summed E-state index contributed by atoms with van der Waals surface area (Å²) < 4.78 is 0. The van der Waals surface area contributed by atoms with Gasteiger partial charge in [-0.2, -0.15) is 0 Å². The highest BCUT2D eigenvalue weighted by Gasteiger charge is 2.32. The molecule has 0 radical (unpaired) electrons. The molecule has 2 nitrogen and oxygen atoms in total. The van der Waals surface area contributed by atoms with Crippen LogP contribution in [0.5, 0.6) is 0 Å². The Labute approximate surface area is 88.3 Å². The van der Waals surface area contributed by atoms with E-state index >= 15 is 0 Å². The van der Waals surface area contributed by atoms with Gasteiger partial charge in [0.15, 0.2) is 0 Å². The van der Waals surface area contributed by atoms with Gasteiger partial charge in [-0.05, 0) is 32.1 Å². The van der Waals surface area contributed by atoms with Gasteiger partial charge in [-0.3, -0.25) is 0 Å². The minimum Gasteiger partial charge on any atom is -0.393 e. The maximum atomic E-state index is 10.4. The van der Waals surface area contributed by atoms with Gasteiger partial charge in [-0.25, -0.2) is 0 Å². The molecular weight excluding hydrogens is 176 g/mol. The summed E-state index contributed by atoms with van der Waals surface area (Å²) in [7, 11) is 0. The fourth-order valence-corrected chi connectivity index (χ4v) is 2.18. The average molecular weight is 202 g/mol. The highest BCUT2D eigenvalue weighted by Crippen LogP contribution is 2.31. The molecule has 0 aromatic carbocycles. The van der Waals surface area contributed by atoms with Gasteiger partial charge in [0.25, 0.3) is 0 Å². The minimum absolute atomic E-state index is 0.303. The molecule has 0 heterocycles. The second kappa shape index (κ2) is 6.41. The molecule has 0 saturated heterocycles. The van der Waals surface area contributed by atoms with Crippen molar-refractivity contribution < 1.29 is 10.2 Å². The molecule has 0 aromatic rings. The Morgan fingerprint density at radius 3 is 1.93 bits per heavy atom. The lowest BCUT2D eigenvalue weighted by Crippen LogP contribution is -2.37. The molecule has 2 atom stereocenters. The summed E-state index contributed by atoms with van der Waals surface area (Å²) in [5.74, 6) is 0.367. The molecule has 0 rings (SSSR count). The third kappa shape index (κ3) is 3.97. The summed E-state index contributed by atoms with van der Waals surface area (Å²) >= 11 is 0. The molecule has 0 bridgehead atoms. The predicted octanol–water partition coefficient (Wildman–Crippen LogP) is 2.72. The lowest BCUT2D eigenvalue weighted by molar-refractivity contribution is -0.0414. The molecule has 0 spiro atoms. The van der Waals surface area contributed by atoms with Crippen LogP contribution in [0.3, 0.4) is 0 Å². The van der Waals surface area contributed by atoms with Crippen molar-refractivity contribution in [3.63, 3.8) is 0 Å². The molecule has 0 amide bonds. The summed E-state index contributed by atoms with van der Waals surface area (Å²) in [5, 5.41) is 19.6. The number of hydrogen-bond donors (Lipinski definition) is 2. The smallest absolute Gasteiger partial charge is 0.0674 e. The Balaban J connectivity index is 4.28. The number of rotatable bonds is 7. The van der Waals surface area contributed by atoms with Gasteiger partial charge in [0.05, 0.1) is 11.7 Å². The van der Waals surface area contributed by atoms with Crippen LogP contribution in [0, 0.1) is 5.92 Å². The fraction of sp³-hybridized carbons (Fsp3) is 1.00. The average Bonchev–Trinajstić information content (AvgIpc) is 2.16. The van der Waals surface area contributed by atoms with Crippen molar-refractivity contribution in [3.8, 4) is 0 Å². The largest absolute Gasteiger partial charge is 0.393 e. The first kappa shape index (κ1) is 13.9. The summed E-state index contributed by atoms with van der Waals surface area (Å²) in [6.45, 7) is 8.05. The van der Waals surface area contributed by atoms with Gasteiger partial charge in [-0.15, -0.1) is 0 Å². The molecule has 0 aliphatic heterocycles. The second-order valence-electron chi connectivity index (χ2n) is 4.36. The molecule has 2 heteroatoms. The lowest BCUT2D eigenvalue weighted by Gasteiger charge is -2.35. The van der Waals surface area contributed by atoms with Crippen LogP contribution in [-0.2, 0) is 0 Å². The van der Waals surface area contributed by atoms with Crippen molar-refractivity contribution in [2.45, 2.75) is 71.5 Å². The number of aliphatic hydroxyl groups is 2. The van der Waals surface area contributed by atoms with Crippen molar-refractivity contribution in [2.75, 3.05) is 0 Å². The molecule has 2 unspecified atom stereocenters. The van der Waals surface area contributed by atoms with Crippen LogP contribution < -0.4 is 0 Å². The van der Waals surface area contributed by atoms with Crippen LogP contribution in [0.1, 0.15) is 59.8 Å². The van der Waals surface area contributed by atoms with E-state index in [1.807, 2.05) is 6.92 Å². The molecule has 2 N–H and O–H groups in total. The van der Waals surface area contributed by atoms with Crippen LogP contribution in [0.15, 0.2) is 0 Å². The quantitative estimate of drug-likeness (QED) is 0.666. The number of hydrogen-bond acceptors (Lipinski definition) is 2. The Morgan fingerprint density at radius 2 is 1.64 bits per heavy atom. The second-order valence-corrected chi connectivity index (χ2v) is 4.36. The molecule has 0 aliphatic carbocycles. The first-order valence-electron chi connectivity index (χ1n) is 5.90. The van der Waals surface area contributed by atoms with E-state index in [1.54, 1.807) is 6.92 Å². The van der Waals surface area contributed by atoms with E-state index in [1.165, 1.54) is 0 Å². The fourth-order valence-electron chi connectivity index (χ4n) is 2.18. The van der Waals surface area contributed by atoms with Gasteiger partial charge >= 0.3 is 0 Å². The monoisotopic (exact) mass is 202 g/mol. The maximum absolute atomic E-state index is 10.4. The summed E-state index contributed by atoms with van der Waals surface area (Å²) in [4.78, 5) is 0. The van der Waals surface area contributed by atoms with Crippen LogP contribution in [-0.4, -0.2) is 21.9 Å². The van der Waals surface area contributed by atoms with Gasteiger partial charge in [0.1, 0.15) is 0 Å². The maximum Gasteiger partial charge on any atom is 0.0674 e. The third-order valence-electron chi connectivity index (χ3n) is 3.35. The molecule has 0 fully saturated rings. The van der Waals surface area contributed by atoms with Crippen molar-refractivity contribution in [2.24, 2.45) is 5.92 Å².